The number of alkyl halides is 1. The predicted molar refractivity (Wildman–Crippen MR) is 52.2 cm³/mol. The second-order valence-corrected chi connectivity index (χ2v) is 3.00. The molecule has 0 saturated carbocycles. The monoisotopic (exact) mass is 211 g/mol. The third-order valence-electron chi connectivity index (χ3n) is 1.95. The molecule has 0 aliphatic heterocycles. The van der Waals surface area contributed by atoms with Crippen molar-refractivity contribution in [1.29, 1.82) is 0 Å². The first-order valence-electron chi connectivity index (χ1n) is 3.88. The average molecular weight is 212 g/mol. The molecule has 1 heterocycles. The van der Waals surface area contributed by atoms with Gasteiger partial charge in [-0.2, -0.15) is 5.10 Å². The minimum Gasteiger partial charge on any atom is -0.258 e. The number of fused-ring (bicyclic) bond motifs is 1. The number of halogens is 1. The molecule has 2 aromatic rings. The van der Waals surface area contributed by atoms with Gasteiger partial charge in [0.25, 0.3) is 5.69 Å². The summed E-state index contributed by atoms with van der Waals surface area (Å²) in [5.74, 6) is 0. The maximum absolute atomic E-state index is 10.5. The molecule has 0 spiro atoms. The minimum absolute atomic E-state index is 0.0617. The summed E-state index contributed by atoms with van der Waals surface area (Å²) in [6, 6.07) is 4.79. The SMILES string of the molecule is O=[N+]([O-])c1ccc2c(cnn2CCl)c1. The van der Waals surface area contributed by atoms with Crippen molar-refractivity contribution in [2.75, 3.05) is 0 Å². The molecule has 0 atom stereocenters. The molecule has 0 radical (unpaired) electrons. The molecular formula is C8H6ClN3O2. The predicted octanol–water partition coefficient (Wildman–Crippen LogP) is 2.14. The molecule has 0 saturated heterocycles. The van der Waals surface area contributed by atoms with Crippen LogP contribution in [0.3, 0.4) is 0 Å². The highest BCUT2D eigenvalue weighted by molar-refractivity contribution is 6.15. The number of benzene rings is 1. The summed E-state index contributed by atoms with van der Waals surface area (Å²) in [6.07, 6.45) is 1.56. The zero-order chi connectivity index (χ0) is 10.1. The summed E-state index contributed by atoms with van der Waals surface area (Å²) in [5, 5.41) is 15.2. The smallest absolute Gasteiger partial charge is 0.258 e. The van der Waals surface area contributed by atoms with Crippen LogP contribution in [0.2, 0.25) is 0 Å². The van der Waals surface area contributed by atoms with Crippen LogP contribution in [-0.2, 0) is 6.00 Å². The lowest BCUT2D eigenvalue weighted by atomic mass is 10.2. The van der Waals surface area contributed by atoms with Crippen molar-refractivity contribution in [1.82, 2.24) is 9.78 Å². The highest BCUT2D eigenvalue weighted by Crippen LogP contribution is 2.20. The van der Waals surface area contributed by atoms with Crippen LogP contribution in [-0.4, -0.2) is 14.7 Å². The van der Waals surface area contributed by atoms with Gasteiger partial charge in [0.1, 0.15) is 6.00 Å². The van der Waals surface area contributed by atoms with Crippen LogP contribution in [0.5, 0.6) is 0 Å². The second kappa shape index (κ2) is 3.26. The van der Waals surface area contributed by atoms with E-state index in [0.29, 0.717) is 0 Å². The zero-order valence-electron chi connectivity index (χ0n) is 7.05. The fraction of sp³-hybridized carbons (Fsp3) is 0.125. The molecule has 6 heteroatoms. The molecule has 0 bridgehead atoms. The Morgan fingerprint density at radius 2 is 2.36 bits per heavy atom. The molecule has 1 aromatic heterocycles. The van der Waals surface area contributed by atoms with E-state index in [0.717, 1.165) is 10.9 Å². The van der Waals surface area contributed by atoms with E-state index in [9.17, 15) is 10.1 Å². The standard InChI is InChI=1S/C8H6ClN3O2/c9-5-11-8-2-1-7(12(13)14)3-6(8)4-10-11/h1-4H,5H2. The minimum atomic E-state index is -0.433. The fourth-order valence-corrected chi connectivity index (χ4v) is 1.47. The van der Waals surface area contributed by atoms with E-state index >= 15 is 0 Å². The number of nitro groups is 1. The van der Waals surface area contributed by atoms with Crippen LogP contribution in [0.1, 0.15) is 0 Å². The summed E-state index contributed by atoms with van der Waals surface area (Å²) in [7, 11) is 0. The van der Waals surface area contributed by atoms with Gasteiger partial charge in [0.2, 0.25) is 0 Å². The van der Waals surface area contributed by atoms with E-state index in [2.05, 4.69) is 5.10 Å². The molecular weight excluding hydrogens is 206 g/mol. The van der Waals surface area contributed by atoms with Crippen molar-refractivity contribution in [3.8, 4) is 0 Å². The van der Waals surface area contributed by atoms with Crippen LogP contribution < -0.4 is 0 Å². The van der Waals surface area contributed by atoms with Gasteiger partial charge in [0.05, 0.1) is 16.6 Å². The van der Waals surface area contributed by atoms with Crippen LogP contribution in [0.25, 0.3) is 10.9 Å². The summed E-state index contributed by atoms with van der Waals surface area (Å²) in [6.45, 7) is 0. The number of nitro benzene ring substituents is 1. The van der Waals surface area contributed by atoms with Crippen molar-refractivity contribution in [3.05, 3.63) is 34.5 Å². The third-order valence-corrected chi connectivity index (χ3v) is 2.18. The van der Waals surface area contributed by atoms with Gasteiger partial charge in [0.15, 0.2) is 0 Å². The number of non-ortho nitro benzene ring substituents is 1. The second-order valence-electron chi connectivity index (χ2n) is 2.76. The van der Waals surface area contributed by atoms with Crippen molar-refractivity contribution in [2.24, 2.45) is 0 Å². The van der Waals surface area contributed by atoms with Gasteiger partial charge in [-0.1, -0.05) is 0 Å². The average Bonchev–Trinajstić information content (AvgIpc) is 2.59. The van der Waals surface area contributed by atoms with Crippen LogP contribution in [0.4, 0.5) is 5.69 Å². The molecule has 0 unspecified atom stereocenters. The normalized spacial score (nSPS) is 10.6. The summed E-state index contributed by atoms with van der Waals surface area (Å²) in [4.78, 5) is 10.0. The maximum Gasteiger partial charge on any atom is 0.270 e. The Bertz CT molecular complexity index is 494. The van der Waals surface area contributed by atoms with Gasteiger partial charge in [0, 0.05) is 17.5 Å². The number of aromatic nitrogens is 2. The van der Waals surface area contributed by atoms with Gasteiger partial charge < -0.3 is 0 Å². The van der Waals surface area contributed by atoms with Gasteiger partial charge in [-0.15, -0.1) is 11.6 Å². The lowest BCUT2D eigenvalue weighted by Crippen LogP contribution is -1.93. The lowest BCUT2D eigenvalue weighted by molar-refractivity contribution is -0.384. The summed E-state index contributed by atoms with van der Waals surface area (Å²) >= 11 is 5.62. The Morgan fingerprint density at radius 1 is 1.57 bits per heavy atom. The van der Waals surface area contributed by atoms with Crippen molar-refractivity contribution < 1.29 is 4.92 Å². The van der Waals surface area contributed by atoms with Crippen LogP contribution in [0, 0.1) is 10.1 Å². The third kappa shape index (κ3) is 1.31. The number of rotatable bonds is 2. The van der Waals surface area contributed by atoms with Crippen LogP contribution in [0.15, 0.2) is 24.4 Å². The van der Waals surface area contributed by atoms with Gasteiger partial charge in [-0.05, 0) is 6.07 Å². The lowest BCUT2D eigenvalue weighted by Gasteiger charge is -1.96. The zero-order valence-corrected chi connectivity index (χ0v) is 7.81. The summed E-state index contributed by atoms with van der Waals surface area (Å²) in [5.41, 5.74) is 0.859. The molecule has 5 nitrogen and oxygen atoms in total. The Labute approximate surface area is 84.0 Å². The van der Waals surface area contributed by atoms with Crippen molar-refractivity contribution in [3.63, 3.8) is 0 Å². The Kier molecular flexibility index (Phi) is 2.09. The highest BCUT2D eigenvalue weighted by Gasteiger charge is 2.08. The van der Waals surface area contributed by atoms with Gasteiger partial charge >= 0.3 is 0 Å². The number of nitrogens with zero attached hydrogens (tertiary/aromatic N) is 3. The van der Waals surface area contributed by atoms with E-state index in [4.69, 9.17) is 11.6 Å². The topological polar surface area (TPSA) is 61.0 Å². The molecule has 1 aromatic carbocycles. The summed E-state index contributed by atoms with van der Waals surface area (Å²) < 4.78 is 1.57. The van der Waals surface area contributed by atoms with Gasteiger partial charge in [-0.3, -0.25) is 10.1 Å². The maximum atomic E-state index is 10.5. The molecule has 14 heavy (non-hydrogen) atoms. The van der Waals surface area contributed by atoms with E-state index < -0.39 is 4.92 Å². The fourth-order valence-electron chi connectivity index (χ4n) is 1.28. The first-order chi connectivity index (χ1) is 6.72. The molecule has 0 N–H and O–H groups in total. The number of hydrogen-bond donors (Lipinski definition) is 0. The molecule has 0 aliphatic rings. The highest BCUT2D eigenvalue weighted by atomic mass is 35.5. The van der Waals surface area contributed by atoms with Crippen molar-refractivity contribution in [2.45, 2.75) is 6.00 Å². The van der Waals surface area contributed by atoms with Gasteiger partial charge in [-0.25, -0.2) is 4.68 Å². The van der Waals surface area contributed by atoms with E-state index in [1.54, 1.807) is 16.9 Å². The van der Waals surface area contributed by atoms with E-state index in [1.807, 2.05) is 0 Å². The molecule has 0 fully saturated rings. The number of hydrogen-bond acceptors (Lipinski definition) is 3. The largest absolute Gasteiger partial charge is 0.270 e. The molecule has 0 amide bonds. The molecule has 72 valence electrons. The van der Waals surface area contributed by atoms with Crippen molar-refractivity contribution >= 4 is 28.2 Å². The Hall–Kier alpha value is -1.62. The van der Waals surface area contributed by atoms with E-state index in [1.165, 1.54) is 12.1 Å². The Balaban J connectivity index is 2.63. The molecule has 0 aliphatic carbocycles. The molecule has 2 rings (SSSR count). The first kappa shape index (κ1) is 8.96. The van der Waals surface area contributed by atoms with Crippen LogP contribution >= 0.6 is 11.6 Å². The quantitative estimate of drug-likeness (QED) is 0.434. The Morgan fingerprint density at radius 3 is 3.00 bits per heavy atom. The van der Waals surface area contributed by atoms with E-state index in [-0.39, 0.29) is 11.7 Å². The first-order valence-corrected chi connectivity index (χ1v) is 4.42.